The zero-order chi connectivity index (χ0) is 15.7. The van der Waals surface area contributed by atoms with Gasteiger partial charge in [0, 0.05) is 32.2 Å². The summed E-state index contributed by atoms with van der Waals surface area (Å²) in [5.41, 5.74) is -0.293. The molecule has 0 radical (unpaired) electrons. The second-order valence-electron chi connectivity index (χ2n) is 5.16. The van der Waals surface area contributed by atoms with Crippen molar-refractivity contribution in [1.29, 1.82) is 0 Å². The van der Waals surface area contributed by atoms with E-state index in [0.717, 1.165) is 6.07 Å². The van der Waals surface area contributed by atoms with Crippen LogP contribution >= 0.6 is 0 Å². The van der Waals surface area contributed by atoms with E-state index in [2.05, 4.69) is 5.32 Å². The highest BCUT2D eigenvalue weighted by atomic mass is 19.4. The Labute approximate surface area is 124 Å². The highest BCUT2D eigenvalue weighted by Crippen LogP contribution is 2.32. The first-order valence-corrected chi connectivity index (χ1v) is 7.39. The summed E-state index contributed by atoms with van der Waals surface area (Å²) in [7, 11) is 1.57. The number of piperidine rings is 1. The van der Waals surface area contributed by atoms with Gasteiger partial charge in [-0.05, 0) is 45.3 Å². The first kappa shape index (κ1) is 18.0. The van der Waals surface area contributed by atoms with Crippen LogP contribution < -0.4 is 5.32 Å². The third-order valence-corrected chi connectivity index (χ3v) is 3.50. The molecule has 0 aliphatic carbocycles. The van der Waals surface area contributed by atoms with Crippen molar-refractivity contribution in [3.63, 3.8) is 0 Å². The summed E-state index contributed by atoms with van der Waals surface area (Å²) in [5.74, 6) is 0. The van der Waals surface area contributed by atoms with Crippen LogP contribution in [0.1, 0.15) is 36.9 Å². The molecule has 2 rings (SSSR count). The number of ether oxygens (including phenoxy) is 1. The fourth-order valence-corrected chi connectivity index (χ4v) is 2.27. The number of hydrogen-bond acceptors (Lipinski definition) is 2. The lowest BCUT2D eigenvalue weighted by Gasteiger charge is -2.09. The number of aryl methyl sites for hydroxylation is 1. The minimum absolute atomic E-state index is 0.263. The molecule has 1 aliphatic rings. The van der Waals surface area contributed by atoms with Crippen LogP contribution in [0.15, 0.2) is 12.3 Å². The summed E-state index contributed by atoms with van der Waals surface area (Å²) in [5, 5.41) is 3.28. The molecule has 21 heavy (non-hydrogen) atoms. The number of nitrogens with zero attached hydrogens (tertiary/aromatic N) is 1. The van der Waals surface area contributed by atoms with Crippen molar-refractivity contribution < 1.29 is 17.9 Å². The number of halogens is 3. The molecule has 0 unspecified atom stereocenters. The SMILES string of the molecule is C1CCNCC1.COCCCn1ccc(C(F)(F)F)c1C. The third-order valence-electron chi connectivity index (χ3n) is 3.50. The van der Waals surface area contributed by atoms with Crippen molar-refractivity contribution in [2.75, 3.05) is 26.8 Å². The Balaban J connectivity index is 0.000000304. The van der Waals surface area contributed by atoms with Crippen LogP contribution in [-0.2, 0) is 17.5 Å². The van der Waals surface area contributed by atoms with Gasteiger partial charge in [0.1, 0.15) is 0 Å². The summed E-state index contributed by atoms with van der Waals surface area (Å²) < 4.78 is 43.7. The van der Waals surface area contributed by atoms with Crippen LogP contribution in [0.25, 0.3) is 0 Å². The Morgan fingerprint density at radius 1 is 1.24 bits per heavy atom. The van der Waals surface area contributed by atoms with Gasteiger partial charge in [-0.15, -0.1) is 0 Å². The van der Waals surface area contributed by atoms with E-state index in [1.54, 1.807) is 11.7 Å². The number of rotatable bonds is 4. The van der Waals surface area contributed by atoms with Gasteiger partial charge in [0.2, 0.25) is 0 Å². The van der Waals surface area contributed by atoms with Gasteiger partial charge in [-0.3, -0.25) is 0 Å². The molecule has 6 heteroatoms. The van der Waals surface area contributed by atoms with E-state index in [9.17, 15) is 13.2 Å². The largest absolute Gasteiger partial charge is 0.418 e. The molecule has 2 heterocycles. The average molecular weight is 306 g/mol. The van der Waals surface area contributed by atoms with Crippen LogP contribution in [-0.4, -0.2) is 31.4 Å². The van der Waals surface area contributed by atoms with Gasteiger partial charge in [0.25, 0.3) is 0 Å². The van der Waals surface area contributed by atoms with Crippen molar-refractivity contribution in [2.45, 2.75) is 45.3 Å². The molecule has 0 spiro atoms. The van der Waals surface area contributed by atoms with E-state index in [4.69, 9.17) is 4.74 Å². The van der Waals surface area contributed by atoms with Crippen molar-refractivity contribution >= 4 is 0 Å². The molecule has 1 aromatic rings. The van der Waals surface area contributed by atoms with Gasteiger partial charge in [-0.2, -0.15) is 13.2 Å². The van der Waals surface area contributed by atoms with Crippen LogP contribution in [0.5, 0.6) is 0 Å². The zero-order valence-corrected chi connectivity index (χ0v) is 12.8. The molecule has 1 aromatic heterocycles. The minimum Gasteiger partial charge on any atom is -0.385 e. The maximum Gasteiger partial charge on any atom is 0.418 e. The Kier molecular flexibility index (Phi) is 7.82. The fourth-order valence-electron chi connectivity index (χ4n) is 2.27. The standard InChI is InChI=1S/C10H14F3NO.C5H11N/c1-8-9(10(11,12)13)4-6-14(8)5-3-7-15-2;1-2-4-6-5-3-1/h4,6H,3,5,7H2,1-2H3;6H,1-5H2. The number of methoxy groups -OCH3 is 1. The predicted molar refractivity (Wildman–Crippen MR) is 77.4 cm³/mol. The number of hydrogen-bond donors (Lipinski definition) is 1. The van der Waals surface area contributed by atoms with E-state index < -0.39 is 11.7 Å². The average Bonchev–Trinajstić information content (AvgIpc) is 2.83. The first-order valence-electron chi connectivity index (χ1n) is 7.39. The Bertz CT molecular complexity index is 387. The van der Waals surface area contributed by atoms with Crippen LogP contribution in [0.4, 0.5) is 13.2 Å². The quantitative estimate of drug-likeness (QED) is 0.860. The predicted octanol–water partition coefficient (Wildman–Crippen LogP) is 3.61. The van der Waals surface area contributed by atoms with Gasteiger partial charge < -0.3 is 14.6 Å². The number of nitrogens with one attached hydrogen (secondary N) is 1. The van der Waals surface area contributed by atoms with E-state index in [1.807, 2.05) is 0 Å². The number of alkyl halides is 3. The molecule has 122 valence electrons. The summed E-state index contributed by atoms with van der Waals surface area (Å²) in [6, 6.07) is 1.11. The van der Waals surface area contributed by atoms with Crippen LogP contribution in [0.3, 0.4) is 0 Å². The monoisotopic (exact) mass is 306 g/mol. The highest BCUT2D eigenvalue weighted by molar-refractivity contribution is 5.24. The lowest BCUT2D eigenvalue weighted by Crippen LogP contribution is -2.21. The molecule has 0 aromatic carbocycles. The lowest BCUT2D eigenvalue weighted by atomic mass is 10.2. The maximum absolute atomic E-state index is 12.4. The van der Waals surface area contributed by atoms with Gasteiger partial charge in [0.15, 0.2) is 0 Å². The second-order valence-corrected chi connectivity index (χ2v) is 5.16. The Hall–Kier alpha value is -1.01. The van der Waals surface area contributed by atoms with Crippen LogP contribution in [0, 0.1) is 6.92 Å². The smallest absolute Gasteiger partial charge is 0.385 e. The molecule has 0 atom stereocenters. The fraction of sp³-hybridized carbons (Fsp3) is 0.733. The molecular formula is C15H25F3N2O. The summed E-state index contributed by atoms with van der Waals surface area (Å²) in [4.78, 5) is 0. The summed E-state index contributed by atoms with van der Waals surface area (Å²) in [6.45, 7) is 5.09. The van der Waals surface area contributed by atoms with E-state index in [1.165, 1.54) is 45.5 Å². The Morgan fingerprint density at radius 3 is 2.29 bits per heavy atom. The Morgan fingerprint density at radius 2 is 1.90 bits per heavy atom. The molecule has 1 N–H and O–H groups in total. The van der Waals surface area contributed by atoms with Crippen molar-refractivity contribution in [1.82, 2.24) is 9.88 Å². The molecule has 1 saturated heterocycles. The molecule has 1 fully saturated rings. The molecule has 1 aliphatic heterocycles. The normalized spacial score (nSPS) is 15.5. The van der Waals surface area contributed by atoms with E-state index in [0.29, 0.717) is 19.6 Å². The third kappa shape index (κ3) is 6.52. The van der Waals surface area contributed by atoms with E-state index >= 15 is 0 Å². The van der Waals surface area contributed by atoms with Crippen molar-refractivity contribution in [3.05, 3.63) is 23.5 Å². The molecular weight excluding hydrogens is 281 g/mol. The molecule has 3 nitrogen and oxygen atoms in total. The van der Waals surface area contributed by atoms with Crippen molar-refractivity contribution in [3.8, 4) is 0 Å². The number of aromatic nitrogens is 1. The lowest BCUT2D eigenvalue weighted by molar-refractivity contribution is -0.138. The van der Waals surface area contributed by atoms with Gasteiger partial charge in [-0.1, -0.05) is 6.42 Å². The maximum atomic E-state index is 12.4. The van der Waals surface area contributed by atoms with Crippen molar-refractivity contribution in [2.24, 2.45) is 0 Å². The van der Waals surface area contributed by atoms with Gasteiger partial charge >= 0.3 is 6.18 Å². The summed E-state index contributed by atoms with van der Waals surface area (Å²) >= 11 is 0. The van der Waals surface area contributed by atoms with Crippen LogP contribution in [0.2, 0.25) is 0 Å². The molecule has 0 amide bonds. The molecule has 0 saturated carbocycles. The second kappa shape index (κ2) is 9.10. The topological polar surface area (TPSA) is 26.2 Å². The minimum atomic E-state index is -4.25. The first-order chi connectivity index (χ1) is 9.96. The van der Waals surface area contributed by atoms with Gasteiger partial charge in [-0.25, -0.2) is 0 Å². The van der Waals surface area contributed by atoms with Gasteiger partial charge in [0.05, 0.1) is 5.56 Å². The molecule has 0 bridgehead atoms. The zero-order valence-electron chi connectivity index (χ0n) is 12.8. The highest BCUT2D eigenvalue weighted by Gasteiger charge is 2.33. The van der Waals surface area contributed by atoms with E-state index in [-0.39, 0.29) is 5.69 Å². The summed E-state index contributed by atoms with van der Waals surface area (Å²) in [6.07, 6.45) is 2.14.